The van der Waals surface area contributed by atoms with E-state index >= 15 is 0 Å². The molecule has 130 valence electrons. The predicted octanol–water partition coefficient (Wildman–Crippen LogP) is 3.63. The van der Waals surface area contributed by atoms with Crippen molar-refractivity contribution in [3.05, 3.63) is 83.8 Å². The monoisotopic (exact) mass is 344 g/mol. The van der Waals surface area contributed by atoms with Crippen molar-refractivity contribution in [3.63, 3.8) is 0 Å². The number of fused-ring (bicyclic) bond motifs is 1. The van der Waals surface area contributed by atoms with E-state index in [2.05, 4.69) is 27.5 Å². The van der Waals surface area contributed by atoms with Crippen LogP contribution in [-0.4, -0.2) is 27.2 Å². The van der Waals surface area contributed by atoms with Crippen molar-refractivity contribution in [3.8, 4) is 5.69 Å². The van der Waals surface area contributed by atoms with Gasteiger partial charge in [0, 0.05) is 23.6 Å². The van der Waals surface area contributed by atoms with Gasteiger partial charge < -0.3 is 10.3 Å². The number of nitrogens with one attached hydrogen (secondary N) is 2. The van der Waals surface area contributed by atoms with E-state index in [4.69, 9.17) is 0 Å². The fourth-order valence-electron chi connectivity index (χ4n) is 3.21. The maximum atomic E-state index is 12.5. The van der Waals surface area contributed by atoms with Crippen molar-refractivity contribution in [2.75, 3.05) is 6.54 Å². The summed E-state index contributed by atoms with van der Waals surface area (Å²) in [4.78, 5) is 15.8. The summed E-state index contributed by atoms with van der Waals surface area (Å²) >= 11 is 0. The van der Waals surface area contributed by atoms with Crippen LogP contribution in [0.1, 0.15) is 21.6 Å². The standard InChI is InChI=1S/C21H20N4O/c1-15-19(14-24-25(15)17-7-3-2-4-8-17)21(26)22-12-11-16-13-23-20-10-6-5-9-18(16)20/h2-10,13-14,23H,11-12H2,1H3,(H,22,26). The van der Waals surface area contributed by atoms with Gasteiger partial charge in [-0.05, 0) is 37.1 Å². The number of carbonyl (C=O) groups excluding carboxylic acids is 1. The van der Waals surface area contributed by atoms with Crippen molar-refractivity contribution in [1.29, 1.82) is 0 Å². The van der Waals surface area contributed by atoms with E-state index in [1.54, 1.807) is 10.9 Å². The quantitative estimate of drug-likeness (QED) is 0.581. The highest BCUT2D eigenvalue weighted by Crippen LogP contribution is 2.18. The van der Waals surface area contributed by atoms with Crippen LogP contribution in [0.3, 0.4) is 0 Å². The summed E-state index contributed by atoms with van der Waals surface area (Å²) in [5.74, 6) is -0.0930. The Morgan fingerprint density at radius 2 is 1.88 bits per heavy atom. The van der Waals surface area contributed by atoms with Gasteiger partial charge in [0.15, 0.2) is 0 Å². The van der Waals surface area contributed by atoms with Crippen molar-refractivity contribution in [1.82, 2.24) is 20.1 Å². The molecule has 0 spiro atoms. The first kappa shape index (κ1) is 16.1. The normalized spacial score (nSPS) is 11.0. The lowest BCUT2D eigenvalue weighted by Gasteiger charge is -2.06. The SMILES string of the molecule is Cc1c(C(=O)NCCc2c[nH]c3ccccc23)cnn1-c1ccccc1. The number of para-hydroxylation sites is 2. The molecular formula is C21H20N4O. The molecule has 0 bridgehead atoms. The second-order valence-corrected chi connectivity index (χ2v) is 6.26. The summed E-state index contributed by atoms with van der Waals surface area (Å²) in [6, 6.07) is 18.0. The predicted molar refractivity (Wildman–Crippen MR) is 103 cm³/mol. The van der Waals surface area contributed by atoms with E-state index in [9.17, 15) is 4.79 Å². The molecule has 4 aromatic rings. The van der Waals surface area contributed by atoms with Crippen LogP contribution in [0.2, 0.25) is 0 Å². The number of rotatable bonds is 5. The first-order chi connectivity index (χ1) is 12.7. The first-order valence-corrected chi connectivity index (χ1v) is 8.67. The summed E-state index contributed by atoms with van der Waals surface area (Å²) in [6.07, 6.45) is 4.42. The fourth-order valence-corrected chi connectivity index (χ4v) is 3.21. The number of hydrogen-bond acceptors (Lipinski definition) is 2. The van der Waals surface area contributed by atoms with Gasteiger partial charge >= 0.3 is 0 Å². The highest BCUT2D eigenvalue weighted by Gasteiger charge is 2.15. The molecule has 4 rings (SSSR count). The number of hydrogen-bond donors (Lipinski definition) is 2. The van der Waals surface area contributed by atoms with Crippen LogP contribution in [0, 0.1) is 6.92 Å². The average Bonchev–Trinajstić information content (AvgIpc) is 3.26. The zero-order valence-electron chi connectivity index (χ0n) is 14.6. The molecule has 0 radical (unpaired) electrons. The molecule has 2 aromatic carbocycles. The van der Waals surface area contributed by atoms with Gasteiger partial charge in [0.05, 0.1) is 23.1 Å². The Hall–Kier alpha value is -3.34. The molecule has 0 aliphatic heterocycles. The van der Waals surface area contributed by atoms with Gasteiger partial charge in [-0.15, -0.1) is 0 Å². The first-order valence-electron chi connectivity index (χ1n) is 8.67. The molecule has 0 fully saturated rings. The molecule has 26 heavy (non-hydrogen) atoms. The van der Waals surface area contributed by atoms with Crippen LogP contribution in [-0.2, 0) is 6.42 Å². The third kappa shape index (κ3) is 2.99. The lowest BCUT2D eigenvalue weighted by atomic mass is 10.1. The van der Waals surface area contributed by atoms with Crippen LogP contribution in [0.15, 0.2) is 67.0 Å². The molecule has 0 atom stereocenters. The van der Waals surface area contributed by atoms with Gasteiger partial charge in [-0.3, -0.25) is 4.79 Å². The molecule has 0 saturated heterocycles. The van der Waals surface area contributed by atoms with Crippen LogP contribution in [0.25, 0.3) is 16.6 Å². The lowest BCUT2D eigenvalue weighted by Crippen LogP contribution is -2.26. The number of aromatic nitrogens is 3. The summed E-state index contributed by atoms with van der Waals surface area (Å²) in [5, 5.41) is 8.56. The van der Waals surface area contributed by atoms with E-state index in [-0.39, 0.29) is 5.91 Å². The van der Waals surface area contributed by atoms with Crippen molar-refractivity contribution >= 4 is 16.8 Å². The minimum atomic E-state index is -0.0930. The summed E-state index contributed by atoms with van der Waals surface area (Å²) in [5.41, 5.74) is 4.71. The number of aromatic amines is 1. The highest BCUT2D eigenvalue weighted by atomic mass is 16.1. The third-order valence-electron chi connectivity index (χ3n) is 4.61. The number of H-pyrrole nitrogens is 1. The Kier molecular flexibility index (Phi) is 4.27. The molecule has 2 N–H and O–H groups in total. The van der Waals surface area contributed by atoms with E-state index < -0.39 is 0 Å². The molecule has 5 nitrogen and oxygen atoms in total. The van der Waals surface area contributed by atoms with E-state index in [0.29, 0.717) is 12.1 Å². The minimum Gasteiger partial charge on any atom is -0.361 e. The summed E-state index contributed by atoms with van der Waals surface area (Å²) in [6.45, 7) is 2.49. The Balaban J connectivity index is 1.43. The Morgan fingerprint density at radius 3 is 2.73 bits per heavy atom. The van der Waals surface area contributed by atoms with Gasteiger partial charge in [0.1, 0.15) is 0 Å². The average molecular weight is 344 g/mol. The van der Waals surface area contributed by atoms with Gasteiger partial charge in [0.25, 0.3) is 5.91 Å². The van der Waals surface area contributed by atoms with Gasteiger partial charge in [-0.2, -0.15) is 5.10 Å². The minimum absolute atomic E-state index is 0.0930. The Bertz CT molecular complexity index is 1050. The van der Waals surface area contributed by atoms with E-state index in [1.807, 2.05) is 55.6 Å². The number of carbonyl (C=O) groups is 1. The molecule has 1 amide bonds. The lowest BCUT2D eigenvalue weighted by molar-refractivity contribution is 0.0953. The van der Waals surface area contributed by atoms with Crippen molar-refractivity contribution in [2.24, 2.45) is 0 Å². The number of nitrogens with zero attached hydrogens (tertiary/aromatic N) is 2. The third-order valence-corrected chi connectivity index (χ3v) is 4.61. The Labute approximate surface area is 151 Å². The molecule has 0 aliphatic carbocycles. The maximum absolute atomic E-state index is 12.5. The Morgan fingerprint density at radius 1 is 1.12 bits per heavy atom. The fraction of sp³-hybridized carbons (Fsp3) is 0.143. The van der Waals surface area contributed by atoms with Gasteiger partial charge in [-0.1, -0.05) is 36.4 Å². The van der Waals surface area contributed by atoms with E-state index in [1.165, 1.54) is 10.9 Å². The summed E-state index contributed by atoms with van der Waals surface area (Å²) < 4.78 is 1.79. The topological polar surface area (TPSA) is 62.7 Å². The molecule has 0 saturated carbocycles. The molecule has 2 aromatic heterocycles. The molecule has 2 heterocycles. The van der Waals surface area contributed by atoms with Gasteiger partial charge in [0.2, 0.25) is 0 Å². The summed E-state index contributed by atoms with van der Waals surface area (Å²) in [7, 11) is 0. The molecule has 5 heteroatoms. The van der Waals surface area contributed by atoms with E-state index in [0.717, 1.165) is 23.3 Å². The highest BCUT2D eigenvalue weighted by molar-refractivity contribution is 5.95. The smallest absolute Gasteiger partial charge is 0.254 e. The van der Waals surface area contributed by atoms with Crippen LogP contribution in [0.5, 0.6) is 0 Å². The molecule has 0 unspecified atom stereocenters. The van der Waals surface area contributed by atoms with Crippen molar-refractivity contribution in [2.45, 2.75) is 13.3 Å². The zero-order valence-corrected chi connectivity index (χ0v) is 14.6. The largest absolute Gasteiger partial charge is 0.361 e. The number of amides is 1. The van der Waals surface area contributed by atoms with Crippen LogP contribution in [0.4, 0.5) is 0 Å². The van der Waals surface area contributed by atoms with Crippen LogP contribution < -0.4 is 5.32 Å². The second-order valence-electron chi connectivity index (χ2n) is 6.26. The maximum Gasteiger partial charge on any atom is 0.254 e. The van der Waals surface area contributed by atoms with Gasteiger partial charge in [-0.25, -0.2) is 4.68 Å². The number of benzene rings is 2. The van der Waals surface area contributed by atoms with Crippen LogP contribution >= 0.6 is 0 Å². The molecular weight excluding hydrogens is 324 g/mol. The second kappa shape index (κ2) is 6.88. The molecule has 0 aliphatic rings. The van der Waals surface area contributed by atoms with Crippen molar-refractivity contribution < 1.29 is 4.79 Å². The zero-order chi connectivity index (χ0) is 17.9.